The SMILES string of the molecule is O=C1OCCC12CC1CCC2C1. The molecule has 3 unspecified atom stereocenters. The highest BCUT2D eigenvalue weighted by Crippen LogP contribution is 2.59. The van der Waals surface area contributed by atoms with Gasteiger partial charge in [-0.25, -0.2) is 0 Å². The predicted octanol–water partition coefficient (Wildman–Crippen LogP) is 1.74. The second-order valence-corrected chi connectivity index (χ2v) is 4.62. The molecule has 1 saturated heterocycles. The van der Waals surface area contributed by atoms with Gasteiger partial charge in [-0.2, -0.15) is 0 Å². The van der Waals surface area contributed by atoms with Crippen LogP contribution in [0.4, 0.5) is 0 Å². The molecule has 1 heterocycles. The van der Waals surface area contributed by atoms with Crippen molar-refractivity contribution in [3.8, 4) is 0 Å². The van der Waals surface area contributed by atoms with E-state index in [4.69, 9.17) is 4.74 Å². The van der Waals surface area contributed by atoms with Gasteiger partial charge in [-0.05, 0) is 37.5 Å². The average molecular weight is 166 g/mol. The molecule has 0 N–H and O–H groups in total. The van der Waals surface area contributed by atoms with Crippen LogP contribution < -0.4 is 0 Å². The van der Waals surface area contributed by atoms with Gasteiger partial charge >= 0.3 is 5.97 Å². The summed E-state index contributed by atoms with van der Waals surface area (Å²) in [5, 5.41) is 0. The van der Waals surface area contributed by atoms with Crippen molar-refractivity contribution in [1.82, 2.24) is 0 Å². The summed E-state index contributed by atoms with van der Waals surface area (Å²) in [6.07, 6.45) is 6.08. The summed E-state index contributed by atoms with van der Waals surface area (Å²) >= 11 is 0. The maximum atomic E-state index is 11.6. The molecule has 1 aliphatic heterocycles. The minimum atomic E-state index is 0.00289. The van der Waals surface area contributed by atoms with E-state index in [1.807, 2.05) is 0 Å². The predicted molar refractivity (Wildman–Crippen MR) is 43.5 cm³/mol. The first-order valence-corrected chi connectivity index (χ1v) is 4.98. The molecule has 66 valence electrons. The van der Waals surface area contributed by atoms with E-state index in [0.29, 0.717) is 12.5 Å². The number of cyclic esters (lactones) is 1. The topological polar surface area (TPSA) is 26.3 Å². The number of esters is 1. The first kappa shape index (κ1) is 6.93. The zero-order chi connectivity index (χ0) is 8.18. The monoisotopic (exact) mass is 166 g/mol. The van der Waals surface area contributed by atoms with E-state index in [0.717, 1.165) is 18.8 Å². The molecule has 12 heavy (non-hydrogen) atoms. The summed E-state index contributed by atoms with van der Waals surface area (Å²) in [5.41, 5.74) is 0.00289. The quantitative estimate of drug-likeness (QED) is 0.512. The molecule has 3 fully saturated rings. The van der Waals surface area contributed by atoms with Crippen molar-refractivity contribution < 1.29 is 9.53 Å². The minimum absolute atomic E-state index is 0.00289. The third kappa shape index (κ3) is 0.644. The third-order valence-electron chi connectivity index (χ3n) is 4.16. The molecule has 2 aliphatic carbocycles. The molecule has 1 spiro atoms. The number of ether oxygens (including phenoxy) is 1. The summed E-state index contributed by atoms with van der Waals surface area (Å²) in [6.45, 7) is 0.683. The molecule has 2 nitrogen and oxygen atoms in total. The Morgan fingerprint density at radius 3 is 2.83 bits per heavy atom. The van der Waals surface area contributed by atoms with E-state index in [1.54, 1.807) is 0 Å². The highest BCUT2D eigenvalue weighted by atomic mass is 16.5. The number of fused-ring (bicyclic) bond motifs is 3. The number of rotatable bonds is 0. The summed E-state index contributed by atoms with van der Waals surface area (Å²) in [6, 6.07) is 0. The maximum Gasteiger partial charge on any atom is 0.312 e. The number of hydrogen-bond donors (Lipinski definition) is 0. The Hall–Kier alpha value is -0.530. The molecule has 3 atom stereocenters. The van der Waals surface area contributed by atoms with Crippen LogP contribution in [0.15, 0.2) is 0 Å². The van der Waals surface area contributed by atoms with Gasteiger partial charge in [0.1, 0.15) is 0 Å². The fourth-order valence-electron chi connectivity index (χ4n) is 3.57. The van der Waals surface area contributed by atoms with Gasteiger partial charge in [-0.3, -0.25) is 4.79 Å². The Morgan fingerprint density at radius 1 is 1.42 bits per heavy atom. The summed E-state index contributed by atoms with van der Waals surface area (Å²) in [4.78, 5) is 11.6. The van der Waals surface area contributed by atoms with Crippen LogP contribution in [0.3, 0.4) is 0 Å². The van der Waals surface area contributed by atoms with Crippen molar-refractivity contribution in [2.45, 2.75) is 32.1 Å². The largest absolute Gasteiger partial charge is 0.465 e. The van der Waals surface area contributed by atoms with E-state index in [2.05, 4.69) is 0 Å². The van der Waals surface area contributed by atoms with Gasteiger partial charge in [0.2, 0.25) is 0 Å². The van der Waals surface area contributed by atoms with Crippen LogP contribution in [0.25, 0.3) is 0 Å². The lowest BCUT2D eigenvalue weighted by Crippen LogP contribution is -2.32. The summed E-state index contributed by atoms with van der Waals surface area (Å²) in [5.74, 6) is 1.65. The van der Waals surface area contributed by atoms with Gasteiger partial charge in [0, 0.05) is 0 Å². The Kier molecular flexibility index (Phi) is 1.18. The lowest BCUT2D eigenvalue weighted by molar-refractivity contribution is -0.148. The first-order chi connectivity index (χ1) is 5.81. The first-order valence-electron chi connectivity index (χ1n) is 4.98. The van der Waals surface area contributed by atoms with Gasteiger partial charge in [0.25, 0.3) is 0 Å². The molecule has 0 aromatic heterocycles. The number of hydrogen-bond acceptors (Lipinski definition) is 2. The molecule has 0 aromatic rings. The van der Waals surface area contributed by atoms with E-state index in [-0.39, 0.29) is 11.4 Å². The van der Waals surface area contributed by atoms with Gasteiger partial charge in [-0.15, -0.1) is 0 Å². The highest BCUT2D eigenvalue weighted by molar-refractivity contribution is 5.79. The zero-order valence-electron chi connectivity index (χ0n) is 7.21. The lowest BCUT2D eigenvalue weighted by Gasteiger charge is -2.28. The standard InChI is InChI=1S/C10H14O2/c11-9-10(3-4-12-9)6-7-1-2-8(10)5-7/h7-8H,1-6H2. The van der Waals surface area contributed by atoms with E-state index < -0.39 is 0 Å². The van der Waals surface area contributed by atoms with Crippen LogP contribution in [0.1, 0.15) is 32.1 Å². The van der Waals surface area contributed by atoms with Crippen molar-refractivity contribution in [3.05, 3.63) is 0 Å². The molecule has 3 rings (SSSR count). The van der Waals surface area contributed by atoms with Crippen LogP contribution in [0.2, 0.25) is 0 Å². The van der Waals surface area contributed by atoms with Gasteiger partial charge < -0.3 is 4.74 Å². The molecular formula is C10H14O2. The summed E-state index contributed by atoms with van der Waals surface area (Å²) in [7, 11) is 0. The molecule has 2 bridgehead atoms. The van der Waals surface area contributed by atoms with Gasteiger partial charge in [-0.1, -0.05) is 6.42 Å². The Bertz CT molecular complexity index is 236. The van der Waals surface area contributed by atoms with E-state index in [9.17, 15) is 4.79 Å². The van der Waals surface area contributed by atoms with Crippen LogP contribution in [0, 0.1) is 17.3 Å². The van der Waals surface area contributed by atoms with E-state index in [1.165, 1.54) is 19.3 Å². The molecule has 3 aliphatic rings. The number of carbonyl (C=O) groups excluding carboxylic acids is 1. The number of carbonyl (C=O) groups is 1. The molecule has 0 aromatic carbocycles. The second-order valence-electron chi connectivity index (χ2n) is 4.62. The zero-order valence-corrected chi connectivity index (χ0v) is 7.21. The Morgan fingerprint density at radius 2 is 2.33 bits per heavy atom. The smallest absolute Gasteiger partial charge is 0.312 e. The van der Waals surface area contributed by atoms with Crippen LogP contribution in [-0.4, -0.2) is 12.6 Å². The van der Waals surface area contributed by atoms with E-state index >= 15 is 0 Å². The average Bonchev–Trinajstić information content (AvgIpc) is 2.69. The minimum Gasteiger partial charge on any atom is -0.465 e. The van der Waals surface area contributed by atoms with Crippen molar-refractivity contribution in [1.29, 1.82) is 0 Å². The van der Waals surface area contributed by atoms with Crippen LogP contribution >= 0.6 is 0 Å². The maximum absolute atomic E-state index is 11.6. The van der Waals surface area contributed by atoms with Crippen molar-refractivity contribution in [3.63, 3.8) is 0 Å². The summed E-state index contributed by atoms with van der Waals surface area (Å²) < 4.78 is 5.10. The van der Waals surface area contributed by atoms with Crippen LogP contribution in [0.5, 0.6) is 0 Å². The van der Waals surface area contributed by atoms with Crippen molar-refractivity contribution in [2.75, 3.05) is 6.61 Å². The fraction of sp³-hybridized carbons (Fsp3) is 0.900. The van der Waals surface area contributed by atoms with Crippen molar-refractivity contribution >= 4 is 5.97 Å². The van der Waals surface area contributed by atoms with Crippen molar-refractivity contribution in [2.24, 2.45) is 17.3 Å². The van der Waals surface area contributed by atoms with Crippen LogP contribution in [-0.2, 0) is 9.53 Å². The van der Waals surface area contributed by atoms with Gasteiger partial charge in [0.15, 0.2) is 0 Å². The highest BCUT2D eigenvalue weighted by Gasteiger charge is 2.58. The molecule has 2 saturated carbocycles. The van der Waals surface area contributed by atoms with Gasteiger partial charge in [0.05, 0.1) is 12.0 Å². The Labute approximate surface area is 72.3 Å². The Balaban J connectivity index is 1.96. The molecular weight excluding hydrogens is 152 g/mol. The second kappa shape index (κ2) is 2.04. The molecule has 2 heteroatoms. The molecule has 0 amide bonds. The normalized spacial score (nSPS) is 50.5. The lowest BCUT2D eigenvalue weighted by atomic mass is 9.72. The fourth-order valence-corrected chi connectivity index (χ4v) is 3.57. The molecule has 0 radical (unpaired) electrons. The third-order valence-corrected chi connectivity index (χ3v) is 4.16.